The van der Waals surface area contributed by atoms with Gasteiger partial charge in [-0.05, 0) is 46.7 Å². The number of aryl methyl sites for hydroxylation is 1. The Labute approximate surface area is 102 Å². The maximum Gasteiger partial charge on any atom is 0.166 e. The van der Waals surface area contributed by atoms with Gasteiger partial charge in [0, 0.05) is 4.88 Å². The molecule has 0 radical (unpaired) electrons. The van der Waals surface area contributed by atoms with E-state index in [-0.39, 0.29) is 6.04 Å². The molecule has 1 aliphatic carbocycles. The molecule has 0 saturated heterocycles. The first-order valence-electron chi connectivity index (χ1n) is 5.29. The van der Waals surface area contributed by atoms with Crippen LogP contribution in [0.15, 0.2) is 11.4 Å². The van der Waals surface area contributed by atoms with Crippen LogP contribution in [0.1, 0.15) is 35.1 Å². The molecule has 84 valence electrons. The van der Waals surface area contributed by atoms with Crippen molar-refractivity contribution in [3.63, 3.8) is 0 Å². The van der Waals surface area contributed by atoms with Gasteiger partial charge in [-0.1, -0.05) is 0 Å². The number of hydrogen-bond donors (Lipinski definition) is 0. The summed E-state index contributed by atoms with van der Waals surface area (Å²) in [5.74, 6) is 1.12. The number of fused-ring (bicyclic) bond motifs is 1. The summed E-state index contributed by atoms with van der Waals surface area (Å²) in [6, 6.07) is 2.46. The highest BCUT2D eigenvalue weighted by Gasteiger charge is 2.25. The summed E-state index contributed by atoms with van der Waals surface area (Å²) < 4.78 is 1.87. The smallest absolute Gasteiger partial charge is 0.166 e. The average molecular weight is 255 g/mol. The molecule has 0 aromatic carbocycles. The van der Waals surface area contributed by atoms with Gasteiger partial charge in [0.15, 0.2) is 5.82 Å². The molecule has 2 aromatic heterocycles. The Morgan fingerprint density at radius 2 is 2.50 bits per heavy atom. The third kappa shape index (κ3) is 1.55. The van der Waals surface area contributed by atoms with Gasteiger partial charge < -0.3 is 0 Å². The lowest BCUT2D eigenvalue weighted by atomic mass is 9.94. The van der Waals surface area contributed by atoms with Crippen LogP contribution in [0.3, 0.4) is 0 Å². The molecule has 1 unspecified atom stereocenters. The molecule has 0 bridgehead atoms. The highest BCUT2D eigenvalue weighted by Crippen LogP contribution is 2.35. The van der Waals surface area contributed by atoms with E-state index >= 15 is 0 Å². The van der Waals surface area contributed by atoms with Gasteiger partial charge in [0.2, 0.25) is 0 Å². The molecule has 0 N–H and O–H groups in total. The first kappa shape index (κ1) is 10.2. The Bertz CT molecular complexity index is 492. The maximum atomic E-state index is 5.83. The summed E-state index contributed by atoms with van der Waals surface area (Å²) in [6.45, 7) is 0. The van der Waals surface area contributed by atoms with Crippen molar-refractivity contribution >= 4 is 22.9 Å². The molecule has 2 aromatic rings. The van der Waals surface area contributed by atoms with Crippen molar-refractivity contribution in [3.8, 4) is 0 Å². The first-order valence-corrected chi connectivity index (χ1v) is 6.70. The molecular weight excluding hydrogens is 244 g/mol. The van der Waals surface area contributed by atoms with Crippen LogP contribution in [-0.2, 0) is 12.3 Å². The molecule has 2 heterocycles. The summed E-state index contributed by atoms with van der Waals surface area (Å²) in [7, 11) is 0. The fourth-order valence-corrected chi connectivity index (χ4v) is 3.42. The van der Waals surface area contributed by atoms with Gasteiger partial charge in [0.1, 0.15) is 0 Å². The Morgan fingerprint density at radius 1 is 1.56 bits per heavy atom. The number of rotatable bonds is 2. The van der Waals surface area contributed by atoms with E-state index in [0.29, 0.717) is 5.88 Å². The number of aromatic nitrogens is 4. The zero-order chi connectivity index (χ0) is 11.0. The van der Waals surface area contributed by atoms with Gasteiger partial charge in [-0.3, -0.25) is 0 Å². The molecule has 0 saturated carbocycles. The molecule has 0 fully saturated rings. The Hall–Kier alpha value is -0.940. The van der Waals surface area contributed by atoms with Gasteiger partial charge in [-0.15, -0.1) is 28.0 Å². The van der Waals surface area contributed by atoms with E-state index in [1.54, 1.807) is 0 Å². The van der Waals surface area contributed by atoms with Crippen LogP contribution in [0.5, 0.6) is 0 Å². The van der Waals surface area contributed by atoms with E-state index in [1.807, 2.05) is 16.0 Å². The minimum absolute atomic E-state index is 0.277. The fourth-order valence-electron chi connectivity index (χ4n) is 2.26. The van der Waals surface area contributed by atoms with Gasteiger partial charge in [-0.2, -0.15) is 0 Å². The van der Waals surface area contributed by atoms with Crippen molar-refractivity contribution in [1.29, 1.82) is 0 Å². The molecule has 4 nitrogen and oxygen atoms in total. The van der Waals surface area contributed by atoms with Gasteiger partial charge >= 0.3 is 0 Å². The number of nitrogens with zero attached hydrogens (tertiary/aromatic N) is 4. The van der Waals surface area contributed by atoms with Crippen molar-refractivity contribution in [1.82, 2.24) is 20.2 Å². The zero-order valence-electron chi connectivity index (χ0n) is 8.64. The fraction of sp³-hybridized carbons (Fsp3) is 0.500. The van der Waals surface area contributed by atoms with Crippen molar-refractivity contribution in [2.45, 2.75) is 31.2 Å². The number of tetrazole rings is 1. The Balaban J connectivity index is 2.04. The normalized spacial score (nSPS) is 19.7. The lowest BCUT2D eigenvalue weighted by molar-refractivity contribution is 0.435. The second-order valence-corrected chi connectivity index (χ2v) is 5.15. The van der Waals surface area contributed by atoms with Crippen LogP contribution in [0.2, 0.25) is 0 Å². The van der Waals surface area contributed by atoms with Crippen LogP contribution in [0, 0.1) is 0 Å². The minimum atomic E-state index is 0.277. The molecule has 1 atom stereocenters. The van der Waals surface area contributed by atoms with E-state index in [1.165, 1.54) is 23.3 Å². The minimum Gasteiger partial charge on any atom is -0.221 e. The quantitative estimate of drug-likeness (QED) is 0.773. The second kappa shape index (κ2) is 4.14. The second-order valence-electron chi connectivity index (χ2n) is 3.88. The maximum absolute atomic E-state index is 5.83. The van der Waals surface area contributed by atoms with Crippen LogP contribution in [0.25, 0.3) is 0 Å². The standard InChI is InChI=1S/C10H11ClN4S/c11-6-10-12-13-14-15(10)8-2-1-3-9-7(8)4-5-16-9/h4-5,8H,1-3,6H2. The summed E-state index contributed by atoms with van der Waals surface area (Å²) >= 11 is 7.66. The van der Waals surface area contributed by atoms with Crippen molar-refractivity contribution < 1.29 is 0 Å². The third-order valence-corrected chi connectivity index (χ3v) is 4.23. The van der Waals surface area contributed by atoms with Crippen LogP contribution in [-0.4, -0.2) is 20.2 Å². The summed E-state index contributed by atoms with van der Waals surface area (Å²) in [5.41, 5.74) is 1.37. The number of halogens is 1. The molecular formula is C10H11ClN4S. The summed E-state index contributed by atoms with van der Waals surface area (Å²) in [5, 5.41) is 13.9. The summed E-state index contributed by atoms with van der Waals surface area (Å²) in [6.07, 6.45) is 3.47. The van der Waals surface area contributed by atoms with Gasteiger partial charge in [-0.25, -0.2) is 4.68 Å². The molecule has 0 spiro atoms. The van der Waals surface area contributed by atoms with Gasteiger partial charge in [0.25, 0.3) is 0 Å². The highest BCUT2D eigenvalue weighted by molar-refractivity contribution is 7.10. The summed E-state index contributed by atoms with van der Waals surface area (Å²) in [4.78, 5) is 1.47. The molecule has 6 heteroatoms. The van der Waals surface area contributed by atoms with E-state index in [2.05, 4.69) is 27.0 Å². The number of thiophene rings is 1. The predicted molar refractivity (Wildman–Crippen MR) is 62.8 cm³/mol. The van der Waals surface area contributed by atoms with Crippen LogP contribution in [0.4, 0.5) is 0 Å². The van der Waals surface area contributed by atoms with Crippen molar-refractivity contribution in [2.75, 3.05) is 0 Å². The van der Waals surface area contributed by atoms with Crippen molar-refractivity contribution in [3.05, 3.63) is 27.7 Å². The topological polar surface area (TPSA) is 43.6 Å². The molecule has 3 rings (SSSR count). The van der Waals surface area contributed by atoms with E-state index < -0.39 is 0 Å². The Kier molecular flexibility index (Phi) is 2.65. The zero-order valence-corrected chi connectivity index (χ0v) is 10.2. The Morgan fingerprint density at radius 3 is 3.38 bits per heavy atom. The predicted octanol–water partition coefficient (Wildman–Crippen LogP) is 2.40. The van der Waals surface area contributed by atoms with Crippen LogP contribution >= 0.6 is 22.9 Å². The lowest BCUT2D eigenvalue weighted by Gasteiger charge is -2.22. The largest absolute Gasteiger partial charge is 0.221 e. The average Bonchev–Trinajstić information content (AvgIpc) is 2.96. The van der Waals surface area contributed by atoms with E-state index in [0.717, 1.165) is 12.2 Å². The number of alkyl halides is 1. The SMILES string of the molecule is ClCc1nnnn1C1CCCc2sccc21. The van der Waals surface area contributed by atoms with E-state index in [9.17, 15) is 0 Å². The van der Waals surface area contributed by atoms with Crippen LogP contribution < -0.4 is 0 Å². The molecule has 16 heavy (non-hydrogen) atoms. The molecule has 1 aliphatic rings. The molecule has 0 aliphatic heterocycles. The third-order valence-electron chi connectivity index (χ3n) is 3.00. The highest BCUT2D eigenvalue weighted by atomic mass is 35.5. The van der Waals surface area contributed by atoms with Gasteiger partial charge in [0.05, 0.1) is 11.9 Å². The first-order chi connectivity index (χ1) is 7.90. The number of hydrogen-bond acceptors (Lipinski definition) is 4. The molecule has 0 amide bonds. The monoisotopic (exact) mass is 254 g/mol. The van der Waals surface area contributed by atoms with Crippen molar-refractivity contribution in [2.24, 2.45) is 0 Å². The van der Waals surface area contributed by atoms with E-state index in [4.69, 9.17) is 11.6 Å². The lowest BCUT2D eigenvalue weighted by Crippen LogP contribution is -2.18.